The minimum Gasteiger partial charge on any atom is -0.342 e. The molecule has 1 aliphatic heterocycles. The second-order valence-electron chi connectivity index (χ2n) is 6.10. The molecule has 1 N–H and O–H groups in total. The minimum absolute atomic E-state index is 0.134. The molecule has 8 heteroatoms. The quantitative estimate of drug-likeness (QED) is 0.818. The Morgan fingerprint density at radius 3 is 2.42 bits per heavy atom. The Balaban J connectivity index is 1.95. The monoisotopic (exact) mass is 373 g/mol. The van der Waals surface area contributed by atoms with Crippen LogP contribution in [-0.2, 0) is 14.8 Å². The number of benzene rings is 1. The van der Waals surface area contributed by atoms with Crippen molar-refractivity contribution in [2.45, 2.75) is 17.7 Å². The number of carbonyl (C=O) groups excluding carboxylic acids is 1. The smallest absolute Gasteiger partial charge is 0.243 e. The molecule has 0 spiro atoms. The molecule has 0 unspecified atom stereocenters. The highest BCUT2D eigenvalue weighted by molar-refractivity contribution is 7.89. The van der Waals surface area contributed by atoms with Crippen LogP contribution in [0.3, 0.4) is 0 Å². The van der Waals surface area contributed by atoms with Crippen molar-refractivity contribution in [3.8, 4) is 0 Å². The van der Waals surface area contributed by atoms with E-state index < -0.39 is 10.0 Å². The van der Waals surface area contributed by atoms with E-state index in [0.717, 1.165) is 23.7 Å². The molecule has 134 valence electrons. The summed E-state index contributed by atoms with van der Waals surface area (Å²) < 4.78 is 26.1. The fourth-order valence-electron chi connectivity index (χ4n) is 2.84. The van der Waals surface area contributed by atoms with Crippen LogP contribution in [0.25, 0.3) is 0 Å². The number of piperidine rings is 1. The van der Waals surface area contributed by atoms with Crippen LogP contribution < -0.4 is 5.32 Å². The number of sulfonamides is 1. The Bertz CT molecular complexity index is 656. The topological polar surface area (TPSA) is 69.7 Å². The first-order chi connectivity index (χ1) is 11.3. The number of hydrogen-bond donors (Lipinski definition) is 1. The van der Waals surface area contributed by atoms with Crippen molar-refractivity contribution in [2.24, 2.45) is 5.92 Å². The Morgan fingerprint density at radius 2 is 1.88 bits per heavy atom. The summed E-state index contributed by atoms with van der Waals surface area (Å²) in [6.07, 6.45) is 1.89. The summed E-state index contributed by atoms with van der Waals surface area (Å²) in [5.41, 5.74) is 0. The van der Waals surface area contributed by atoms with E-state index in [0.29, 0.717) is 24.0 Å². The Hall–Kier alpha value is -1.15. The van der Waals surface area contributed by atoms with Crippen molar-refractivity contribution in [1.82, 2.24) is 14.5 Å². The van der Waals surface area contributed by atoms with E-state index in [2.05, 4.69) is 5.32 Å². The van der Waals surface area contributed by atoms with Gasteiger partial charge in [0.05, 0.1) is 11.4 Å². The van der Waals surface area contributed by atoms with Gasteiger partial charge in [-0.15, -0.1) is 0 Å². The maximum absolute atomic E-state index is 12.5. The van der Waals surface area contributed by atoms with Gasteiger partial charge in [0, 0.05) is 25.2 Å². The van der Waals surface area contributed by atoms with Crippen LogP contribution >= 0.6 is 11.6 Å². The maximum Gasteiger partial charge on any atom is 0.243 e. The van der Waals surface area contributed by atoms with E-state index in [4.69, 9.17) is 11.6 Å². The lowest BCUT2D eigenvalue weighted by Crippen LogP contribution is -2.45. The molecule has 2 rings (SSSR count). The van der Waals surface area contributed by atoms with E-state index in [1.54, 1.807) is 4.90 Å². The van der Waals surface area contributed by atoms with E-state index in [1.165, 1.54) is 31.3 Å². The number of hydrogen-bond acceptors (Lipinski definition) is 4. The zero-order valence-corrected chi connectivity index (χ0v) is 15.6. The molecule has 0 bridgehead atoms. The van der Waals surface area contributed by atoms with Crippen molar-refractivity contribution in [3.05, 3.63) is 29.3 Å². The van der Waals surface area contributed by atoms with Crippen LogP contribution in [0, 0.1) is 5.92 Å². The molecule has 1 aromatic rings. The highest BCUT2D eigenvalue weighted by atomic mass is 35.5. The number of nitrogens with zero attached hydrogens (tertiary/aromatic N) is 2. The number of halogens is 1. The molecule has 1 aromatic carbocycles. The molecule has 0 radical (unpaired) electrons. The molecule has 1 fully saturated rings. The van der Waals surface area contributed by atoms with Crippen LogP contribution in [0.4, 0.5) is 0 Å². The van der Waals surface area contributed by atoms with Gasteiger partial charge in [-0.05, 0) is 56.6 Å². The van der Waals surface area contributed by atoms with Gasteiger partial charge in [-0.1, -0.05) is 11.6 Å². The van der Waals surface area contributed by atoms with Crippen molar-refractivity contribution < 1.29 is 13.2 Å². The van der Waals surface area contributed by atoms with Crippen molar-refractivity contribution in [1.29, 1.82) is 0 Å². The van der Waals surface area contributed by atoms with Crippen molar-refractivity contribution in [2.75, 3.05) is 40.3 Å². The number of likely N-dealkylation sites (N-methyl/N-ethyl adjacent to an activating group) is 1. The molecular formula is C16H24ClN3O3S. The van der Waals surface area contributed by atoms with Crippen molar-refractivity contribution >= 4 is 27.5 Å². The first kappa shape index (κ1) is 19.2. The number of amides is 1. The van der Waals surface area contributed by atoms with Gasteiger partial charge in [0.2, 0.25) is 15.9 Å². The van der Waals surface area contributed by atoms with Crippen LogP contribution in [0.2, 0.25) is 5.02 Å². The fourth-order valence-corrected chi connectivity index (χ4v) is 4.08. The molecule has 1 aliphatic rings. The molecule has 1 amide bonds. The summed E-state index contributed by atoms with van der Waals surface area (Å²) in [4.78, 5) is 14.3. The van der Waals surface area contributed by atoms with Crippen LogP contribution in [0.5, 0.6) is 0 Å². The number of carbonyl (C=O) groups is 1. The van der Waals surface area contributed by atoms with E-state index in [9.17, 15) is 13.2 Å². The highest BCUT2D eigenvalue weighted by Crippen LogP contribution is 2.19. The van der Waals surface area contributed by atoms with Gasteiger partial charge in [0.1, 0.15) is 0 Å². The lowest BCUT2D eigenvalue weighted by molar-refractivity contribution is -0.132. The summed E-state index contributed by atoms with van der Waals surface area (Å²) in [6.45, 7) is 2.16. The SMILES string of the molecule is CNCC1CCN(C(=O)CN(C)S(=O)(=O)c2ccc(Cl)cc2)CC1. The molecule has 0 saturated carbocycles. The summed E-state index contributed by atoms with van der Waals surface area (Å²) in [6, 6.07) is 5.94. The third-order valence-electron chi connectivity index (χ3n) is 4.34. The summed E-state index contributed by atoms with van der Waals surface area (Å²) in [5.74, 6) is 0.424. The standard InChI is InChI=1S/C16H24ClN3O3S/c1-18-11-13-7-9-20(10-8-13)16(21)12-19(2)24(22,23)15-5-3-14(17)4-6-15/h3-6,13,18H,7-12H2,1-2H3. The van der Waals surface area contributed by atoms with Gasteiger partial charge in [-0.25, -0.2) is 8.42 Å². The first-order valence-electron chi connectivity index (χ1n) is 7.99. The van der Waals surface area contributed by atoms with Gasteiger partial charge >= 0.3 is 0 Å². The molecule has 1 saturated heterocycles. The second-order valence-corrected chi connectivity index (χ2v) is 8.58. The molecule has 0 aromatic heterocycles. The van der Waals surface area contributed by atoms with Crippen molar-refractivity contribution in [3.63, 3.8) is 0 Å². The van der Waals surface area contributed by atoms with Gasteiger partial charge in [-0.2, -0.15) is 4.31 Å². The summed E-state index contributed by atoms with van der Waals surface area (Å²) in [7, 11) is -0.341. The van der Waals surface area contributed by atoms with E-state index in [1.807, 2.05) is 7.05 Å². The molecule has 0 atom stereocenters. The predicted octanol–water partition coefficient (Wildman–Crippen LogP) is 1.42. The van der Waals surface area contributed by atoms with E-state index >= 15 is 0 Å². The lowest BCUT2D eigenvalue weighted by Gasteiger charge is -2.32. The van der Waals surface area contributed by atoms with Crippen LogP contribution in [-0.4, -0.2) is 63.8 Å². The average Bonchev–Trinajstić information content (AvgIpc) is 2.56. The third kappa shape index (κ3) is 4.69. The molecule has 6 nitrogen and oxygen atoms in total. The highest BCUT2D eigenvalue weighted by Gasteiger charge is 2.27. The molecule has 0 aliphatic carbocycles. The van der Waals surface area contributed by atoms with Crippen LogP contribution in [0.1, 0.15) is 12.8 Å². The largest absolute Gasteiger partial charge is 0.342 e. The summed E-state index contributed by atoms with van der Waals surface area (Å²) in [5, 5.41) is 3.62. The van der Waals surface area contributed by atoms with Gasteiger partial charge in [-0.3, -0.25) is 4.79 Å². The second kappa shape index (κ2) is 8.29. The minimum atomic E-state index is -3.69. The van der Waals surface area contributed by atoms with Gasteiger partial charge < -0.3 is 10.2 Å². The fraction of sp³-hybridized carbons (Fsp3) is 0.562. The van der Waals surface area contributed by atoms with Crippen LogP contribution in [0.15, 0.2) is 29.2 Å². The number of nitrogens with one attached hydrogen (secondary N) is 1. The normalized spacial score (nSPS) is 16.6. The van der Waals surface area contributed by atoms with E-state index in [-0.39, 0.29) is 17.3 Å². The first-order valence-corrected chi connectivity index (χ1v) is 9.80. The lowest BCUT2D eigenvalue weighted by atomic mass is 9.97. The zero-order valence-electron chi connectivity index (χ0n) is 14.0. The number of rotatable bonds is 6. The third-order valence-corrected chi connectivity index (χ3v) is 6.41. The average molecular weight is 374 g/mol. The summed E-state index contributed by atoms with van der Waals surface area (Å²) >= 11 is 5.79. The molecule has 24 heavy (non-hydrogen) atoms. The Labute approximate surface area is 148 Å². The number of likely N-dealkylation sites (tertiary alicyclic amines) is 1. The maximum atomic E-state index is 12.5. The van der Waals surface area contributed by atoms with Gasteiger partial charge in [0.15, 0.2) is 0 Å². The Kier molecular flexibility index (Phi) is 6.62. The molecule has 1 heterocycles. The predicted molar refractivity (Wildman–Crippen MR) is 94.5 cm³/mol. The Morgan fingerprint density at radius 1 is 1.29 bits per heavy atom. The van der Waals surface area contributed by atoms with Gasteiger partial charge in [0.25, 0.3) is 0 Å². The molecular weight excluding hydrogens is 350 g/mol. The zero-order chi connectivity index (χ0) is 17.7.